The molecule has 136 valence electrons. The number of rotatable bonds is 8. The first-order valence-corrected chi connectivity index (χ1v) is 11.7. The largest absolute Gasteiger partial charge is 0.708 e. The summed E-state index contributed by atoms with van der Waals surface area (Å²) in [6.45, 7) is 7.58. The molecule has 25 heavy (non-hydrogen) atoms. The molecule has 0 unspecified atom stereocenters. The lowest BCUT2D eigenvalue weighted by molar-refractivity contribution is 0.0600. The minimum Gasteiger partial charge on any atom is -0.499 e. The maximum atomic E-state index is 11.8. The van der Waals surface area contributed by atoms with E-state index >= 15 is 0 Å². The van der Waals surface area contributed by atoms with Gasteiger partial charge in [0.2, 0.25) is 0 Å². The molecule has 2 aromatic rings. The minimum atomic E-state index is -1.94. The van der Waals surface area contributed by atoms with E-state index in [-0.39, 0.29) is 12.6 Å². The summed E-state index contributed by atoms with van der Waals surface area (Å²) < 4.78 is 17.2. The van der Waals surface area contributed by atoms with Crippen molar-refractivity contribution in [1.82, 2.24) is 4.57 Å². The van der Waals surface area contributed by atoms with Crippen LogP contribution < -0.4 is 4.65 Å². The molecule has 1 aromatic heterocycles. The van der Waals surface area contributed by atoms with Gasteiger partial charge in [-0.2, -0.15) is 0 Å². The molecule has 0 saturated heterocycles. The SMILES string of the molecule is COC(=O)c1ccc2cc(OB(O)O)n(COCC[Si](C)(C)C)c2c1. The maximum absolute atomic E-state index is 11.8. The van der Waals surface area contributed by atoms with E-state index in [9.17, 15) is 4.79 Å². The fraction of sp³-hybridized carbons (Fsp3) is 0.438. The molecule has 0 radical (unpaired) electrons. The highest BCUT2D eigenvalue weighted by Crippen LogP contribution is 2.27. The molecule has 9 heteroatoms. The number of fused-ring (bicyclic) bond motifs is 1. The van der Waals surface area contributed by atoms with E-state index in [1.165, 1.54) is 7.11 Å². The number of aromatic nitrogens is 1. The Labute approximate surface area is 148 Å². The van der Waals surface area contributed by atoms with Gasteiger partial charge in [0.25, 0.3) is 0 Å². The molecule has 0 aliphatic carbocycles. The van der Waals surface area contributed by atoms with Crippen molar-refractivity contribution in [1.29, 1.82) is 0 Å². The number of nitrogens with zero attached hydrogens (tertiary/aromatic N) is 1. The number of hydrogen-bond acceptors (Lipinski definition) is 6. The molecule has 7 nitrogen and oxygen atoms in total. The summed E-state index contributed by atoms with van der Waals surface area (Å²) in [5.74, 6) is -0.195. The fourth-order valence-electron chi connectivity index (χ4n) is 2.35. The molecule has 2 N–H and O–H groups in total. The summed E-state index contributed by atoms with van der Waals surface area (Å²) in [7, 11) is -1.83. The zero-order chi connectivity index (χ0) is 18.6. The van der Waals surface area contributed by atoms with Gasteiger partial charge in [0.05, 0.1) is 18.2 Å². The lowest BCUT2D eigenvalue weighted by atomic mass is 10.1. The van der Waals surface area contributed by atoms with Gasteiger partial charge in [-0.15, -0.1) is 0 Å². The number of carbonyl (C=O) groups excluding carboxylic acids is 1. The number of hydrogen-bond donors (Lipinski definition) is 2. The van der Waals surface area contributed by atoms with Gasteiger partial charge in [0.1, 0.15) is 6.73 Å². The van der Waals surface area contributed by atoms with Crippen LogP contribution in [0.2, 0.25) is 25.7 Å². The van der Waals surface area contributed by atoms with Gasteiger partial charge < -0.3 is 24.2 Å². The van der Waals surface area contributed by atoms with Gasteiger partial charge in [-0.3, -0.25) is 4.57 Å². The molecule has 1 heterocycles. The van der Waals surface area contributed by atoms with Crippen LogP contribution in [-0.4, -0.2) is 49.7 Å². The van der Waals surface area contributed by atoms with E-state index in [2.05, 4.69) is 19.6 Å². The standard InChI is InChI=1S/C16H24BNO6Si/c1-22-16(19)13-6-5-12-10-15(24-17(20)21)18(14(12)9-13)11-23-7-8-25(2,3)4/h5-6,9-10,20-21H,7-8,11H2,1-4H3. The van der Waals surface area contributed by atoms with Crippen molar-refractivity contribution >= 4 is 32.3 Å². The van der Waals surface area contributed by atoms with Gasteiger partial charge in [-0.25, -0.2) is 4.79 Å². The summed E-state index contributed by atoms with van der Waals surface area (Å²) in [5.41, 5.74) is 1.08. The Balaban J connectivity index is 2.29. The molecule has 0 aliphatic heterocycles. The number of esters is 1. The molecule has 0 fully saturated rings. The molecule has 0 spiro atoms. The third-order valence-corrected chi connectivity index (χ3v) is 5.43. The van der Waals surface area contributed by atoms with Crippen LogP contribution in [0.1, 0.15) is 10.4 Å². The average molecular weight is 365 g/mol. The van der Waals surface area contributed by atoms with Crippen molar-refractivity contribution in [2.24, 2.45) is 0 Å². The second kappa shape index (κ2) is 8.05. The first-order valence-electron chi connectivity index (χ1n) is 8.03. The molecule has 0 saturated carbocycles. The smallest absolute Gasteiger partial charge is 0.499 e. The van der Waals surface area contributed by atoms with Crippen LogP contribution in [0.4, 0.5) is 0 Å². The molecule has 0 bridgehead atoms. The molecule has 0 aliphatic rings. The van der Waals surface area contributed by atoms with Crippen LogP contribution in [0.25, 0.3) is 10.9 Å². The summed E-state index contributed by atoms with van der Waals surface area (Å²) in [6, 6.07) is 7.73. The number of ether oxygens (including phenoxy) is 2. The van der Waals surface area contributed by atoms with Crippen molar-refractivity contribution in [2.75, 3.05) is 13.7 Å². The normalized spacial score (nSPS) is 11.6. The highest BCUT2D eigenvalue weighted by molar-refractivity contribution is 6.76. The van der Waals surface area contributed by atoms with E-state index < -0.39 is 21.4 Å². The molecule has 0 amide bonds. The van der Waals surface area contributed by atoms with Crippen molar-refractivity contribution < 1.29 is 29.0 Å². The van der Waals surface area contributed by atoms with Crippen LogP contribution in [0.5, 0.6) is 5.88 Å². The van der Waals surface area contributed by atoms with Crippen LogP contribution >= 0.6 is 0 Å². The van der Waals surface area contributed by atoms with Gasteiger partial charge in [0.15, 0.2) is 5.88 Å². The Morgan fingerprint density at radius 2 is 1.96 bits per heavy atom. The van der Waals surface area contributed by atoms with Gasteiger partial charge in [-0.1, -0.05) is 25.7 Å². The minimum absolute atomic E-state index is 0.181. The monoisotopic (exact) mass is 365 g/mol. The van der Waals surface area contributed by atoms with Crippen molar-refractivity contribution in [3.8, 4) is 5.88 Å². The van der Waals surface area contributed by atoms with E-state index in [0.717, 1.165) is 11.4 Å². The Kier molecular flexibility index (Phi) is 6.28. The third-order valence-electron chi connectivity index (χ3n) is 3.73. The van der Waals surface area contributed by atoms with Crippen LogP contribution in [0, 0.1) is 0 Å². The fourth-order valence-corrected chi connectivity index (χ4v) is 3.10. The molecule has 0 atom stereocenters. The predicted molar refractivity (Wildman–Crippen MR) is 98.2 cm³/mol. The highest BCUT2D eigenvalue weighted by Gasteiger charge is 2.19. The predicted octanol–water partition coefficient (Wildman–Crippen LogP) is 2.09. The van der Waals surface area contributed by atoms with Crippen LogP contribution in [-0.2, 0) is 16.2 Å². The van der Waals surface area contributed by atoms with Crippen molar-refractivity contribution in [2.45, 2.75) is 32.4 Å². The lowest BCUT2D eigenvalue weighted by Crippen LogP contribution is -2.23. The quantitative estimate of drug-likeness (QED) is 0.423. The summed E-state index contributed by atoms with van der Waals surface area (Å²) in [5, 5.41) is 19.0. The molecule has 1 aromatic carbocycles. The first-order chi connectivity index (χ1) is 11.7. The van der Waals surface area contributed by atoms with Gasteiger partial charge in [-0.05, 0) is 18.2 Å². The summed E-state index contributed by atoms with van der Waals surface area (Å²) >= 11 is 0. The molecular formula is C16H24BNO6Si. The molecular weight excluding hydrogens is 341 g/mol. The first kappa shape index (κ1) is 19.5. The zero-order valence-electron chi connectivity index (χ0n) is 15.0. The zero-order valence-corrected chi connectivity index (χ0v) is 16.0. The number of benzene rings is 1. The van der Waals surface area contributed by atoms with E-state index in [0.29, 0.717) is 17.7 Å². The summed E-state index contributed by atoms with van der Waals surface area (Å²) in [4.78, 5) is 11.8. The third kappa shape index (κ3) is 5.33. The van der Waals surface area contributed by atoms with E-state index in [4.69, 9.17) is 24.2 Å². The Hall–Kier alpha value is -1.81. The maximum Gasteiger partial charge on any atom is 0.708 e. The van der Waals surface area contributed by atoms with Crippen LogP contribution in [0.15, 0.2) is 24.3 Å². The second-order valence-electron chi connectivity index (χ2n) is 6.97. The Morgan fingerprint density at radius 3 is 2.56 bits per heavy atom. The van der Waals surface area contributed by atoms with Gasteiger partial charge in [0, 0.05) is 26.1 Å². The highest BCUT2D eigenvalue weighted by atomic mass is 28.3. The van der Waals surface area contributed by atoms with Crippen molar-refractivity contribution in [3.05, 3.63) is 29.8 Å². The van der Waals surface area contributed by atoms with E-state index in [1.807, 2.05) is 0 Å². The van der Waals surface area contributed by atoms with Crippen molar-refractivity contribution in [3.63, 3.8) is 0 Å². The topological polar surface area (TPSA) is 90.2 Å². The summed E-state index contributed by atoms with van der Waals surface area (Å²) in [6.07, 6.45) is 0. The lowest BCUT2D eigenvalue weighted by Gasteiger charge is -2.17. The number of methoxy groups -OCH3 is 1. The van der Waals surface area contributed by atoms with E-state index in [1.54, 1.807) is 28.8 Å². The average Bonchev–Trinajstić information content (AvgIpc) is 2.85. The second-order valence-corrected chi connectivity index (χ2v) is 12.6. The van der Waals surface area contributed by atoms with Gasteiger partial charge >= 0.3 is 13.3 Å². The molecule has 2 rings (SSSR count). The van der Waals surface area contributed by atoms with Crippen LogP contribution in [0.3, 0.4) is 0 Å². The number of carbonyl (C=O) groups is 1. The Morgan fingerprint density at radius 1 is 1.24 bits per heavy atom. The Bertz CT molecular complexity index is 740.